The van der Waals surface area contributed by atoms with E-state index in [0.717, 1.165) is 38.5 Å². The average Bonchev–Trinajstić information content (AvgIpc) is 3.12. The molecule has 2 aromatic rings. The summed E-state index contributed by atoms with van der Waals surface area (Å²) < 4.78 is 11.5. The van der Waals surface area contributed by atoms with Crippen molar-refractivity contribution < 1.29 is 14.3 Å². The van der Waals surface area contributed by atoms with Crippen LogP contribution < -0.4 is 4.74 Å². The summed E-state index contributed by atoms with van der Waals surface area (Å²) >= 11 is 0. The van der Waals surface area contributed by atoms with Gasteiger partial charge in [-0.15, -0.1) is 5.10 Å². The first-order valence-electron chi connectivity index (χ1n) is 8.23. The lowest BCUT2D eigenvalue weighted by Gasteiger charge is -2.34. The van der Waals surface area contributed by atoms with E-state index >= 15 is 0 Å². The van der Waals surface area contributed by atoms with Crippen molar-refractivity contribution in [3.63, 3.8) is 0 Å². The van der Waals surface area contributed by atoms with Gasteiger partial charge in [-0.05, 0) is 17.7 Å². The zero-order valence-corrected chi connectivity index (χ0v) is 14.6. The number of esters is 1. The van der Waals surface area contributed by atoms with Crippen molar-refractivity contribution in [2.75, 3.05) is 40.4 Å². The molecular formula is C17H23N5O3. The molecule has 2 heterocycles. The molecule has 3 rings (SSSR count). The molecule has 0 radical (unpaired) electrons. The third kappa shape index (κ3) is 4.55. The maximum Gasteiger partial charge on any atom is 0.377 e. The van der Waals surface area contributed by atoms with Crippen LogP contribution in [0.25, 0.3) is 0 Å². The molecule has 0 spiro atoms. The first-order chi connectivity index (χ1) is 12.2. The van der Waals surface area contributed by atoms with E-state index in [1.807, 2.05) is 12.1 Å². The summed E-state index contributed by atoms with van der Waals surface area (Å²) in [6.07, 6.45) is 1.57. The predicted octanol–water partition coefficient (Wildman–Crippen LogP) is 0.849. The predicted molar refractivity (Wildman–Crippen MR) is 91.2 cm³/mol. The minimum atomic E-state index is -0.511. The van der Waals surface area contributed by atoms with Crippen LogP contribution in [0.5, 0.6) is 5.75 Å². The SMILES string of the molecule is COC(=O)c1ncn(CN2CCN(Cc3ccc(OC)cc3)CC2)n1. The van der Waals surface area contributed by atoms with Crippen LogP contribution in [-0.4, -0.2) is 70.9 Å². The molecule has 1 fully saturated rings. The van der Waals surface area contributed by atoms with Gasteiger partial charge in [-0.2, -0.15) is 0 Å². The fourth-order valence-electron chi connectivity index (χ4n) is 2.83. The van der Waals surface area contributed by atoms with E-state index in [0.29, 0.717) is 6.67 Å². The fourth-order valence-corrected chi connectivity index (χ4v) is 2.83. The molecule has 1 aromatic carbocycles. The Morgan fingerprint density at radius 2 is 1.76 bits per heavy atom. The molecule has 25 heavy (non-hydrogen) atoms. The fraction of sp³-hybridized carbons (Fsp3) is 0.471. The van der Waals surface area contributed by atoms with Crippen LogP contribution in [0.2, 0.25) is 0 Å². The van der Waals surface area contributed by atoms with Crippen molar-refractivity contribution in [1.82, 2.24) is 24.6 Å². The Bertz CT molecular complexity index is 693. The zero-order chi connectivity index (χ0) is 17.6. The standard InChI is InChI=1S/C17H23N5O3/c1-24-15-5-3-14(4-6-15)11-20-7-9-21(10-8-20)13-22-12-18-16(19-22)17(23)25-2/h3-6,12H,7-11,13H2,1-2H3. The highest BCUT2D eigenvalue weighted by atomic mass is 16.5. The number of carbonyl (C=O) groups excluding carboxylic acids is 1. The Morgan fingerprint density at radius 3 is 2.40 bits per heavy atom. The van der Waals surface area contributed by atoms with Crippen LogP contribution in [0.15, 0.2) is 30.6 Å². The molecule has 8 heteroatoms. The smallest absolute Gasteiger partial charge is 0.377 e. The Labute approximate surface area is 147 Å². The summed E-state index contributed by atoms with van der Waals surface area (Å²) in [7, 11) is 3.00. The molecule has 1 saturated heterocycles. The van der Waals surface area contributed by atoms with E-state index in [1.165, 1.54) is 12.7 Å². The van der Waals surface area contributed by atoms with Gasteiger partial charge in [0.15, 0.2) is 0 Å². The number of piperazine rings is 1. The van der Waals surface area contributed by atoms with E-state index in [4.69, 9.17) is 4.74 Å². The molecule has 0 bridgehead atoms. The Hall–Kier alpha value is -2.45. The lowest BCUT2D eigenvalue weighted by atomic mass is 10.2. The second kappa shape index (κ2) is 8.09. The van der Waals surface area contributed by atoms with Gasteiger partial charge >= 0.3 is 5.97 Å². The molecule has 1 aliphatic heterocycles. The first kappa shape index (κ1) is 17.4. The quantitative estimate of drug-likeness (QED) is 0.719. The molecule has 0 N–H and O–H groups in total. The Balaban J connectivity index is 1.46. The number of methoxy groups -OCH3 is 2. The van der Waals surface area contributed by atoms with Crippen molar-refractivity contribution in [3.8, 4) is 5.75 Å². The molecule has 0 atom stereocenters. The van der Waals surface area contributed by atoms with Gasteiger partial charge in [0.25, 0.3) is 5.82 Å². The van der Waals surface area contributed by atoms with Gasteiger partial charge in [0.2, 0.25) is 0 Å². The van der Waals surface area contributed by atoms with Gasteiger partial charge in [-0.3, -0.25) is 9.80 Å². The van der Waals surface area contributed by atoms with E-state index in [2.05, 4.69) is 36.8 Å². The van der Waals surface area contributed by atoms with Crippen LogP contribution in [-0.2, 0) is 18.0 Å². The summed E-state index contributed by atoms with van der Waals surface area (Å²) in [6, 6.07) is 8.20. The van der Waals surface area contributed by atoms with Gasteiger partial charge in [-0.1, -0.05) is 12.1 Å². The maximum absolute atomic E-state index is 11.4. The highest BCUT2D eigenvalue weighted by Crippen LogP contribution is 2.14. The summed E-state index contributed by atoms with van der Waals surface area (Å²) in [4.78, 5) is 20.1. The molecule has 0 aliphatic carbocycles. The number of ether oxygens (including phenoxy) is 2. The molecule has 134 valence electrons. The number of aromatic nitrogens is 3. The molecular weight excluding hydrogens is 322 g/mol. The van der Waals surface area contributed by atoms with Gasteiger partial charge < -0.3 is 9.47 Å². The van der Waals surface area contributed by atoms with E-state index < -0.39 is 5.97 Å². The number of benzene rings is 1. The van der Waals surface area contributed by atoms with Crippen LogP contribution in [0.1, 0.15) is 16.2 Å². The summed E-state index contributed by atoms with van der Waals surface area (Å²) in [5.74, 6) is 0.469. The minimum Gasteiger partial charge on any atom is -0.497 e. The molecule has 8 nitrogen and oxygen atoms in total. The number of carbonyl (C=O) groups is 1. The van der Waals surface area contributed by atoms with Crippen LogP contribution in [0.3, 0.4) is 0 Å². The van der Waals surface area contributed by atoms with E-state index in [1.54, 1.807) is 18.1 Å². The second-order valence-electron chi connectivity index (χ2n) is 5.98. The van der Waals surface area contributed by atoms with Crippen molar-refractivity contribution in [3.05, 3.63) is 42.0 Å². The van der Waals surface area contributed by atoms with Crippen LogP contribution >= 0.6 is 0 Å². The maximum atomic E-state index is 11.4. The highest BCUT2D eigenvalue weighted by Gasteiger charge is 2.18. The molecule has 0 unspecified atom stereocenters. The lowest BCUT2D eigenvalue weighted by molar-refractivity contribution is 0.0584. The van der Waals surface area contributed by atoms with E-state index in [-0.39, 0.29) is 5.82 Å². The molecule has 1 aliphatic rings. The van der Waals surface area contributed by atoms with Crippen molar-refractivity contribution in [2.24, 2.45) is 0 Å². The average molecular weight is 345 g/mol. The normalized spacial score (nSPS) is 15.9. The van der Waals surface area contributed by atoms with Gasteiger partial charge in [0.05, 0.1) is 20.9 Å². The molecule has 0 saturated carbocycles. The molecule has 1 aromatic heterocycles. The van der Waals surface area contributed by atoms with Gasteiger partial charge in [0, 0.05) is 32.7 Å². The largest absolute Gasteiger partial charge is 0.497 e. The van der Waals surface area contributed by atoms with Gasteiger partial charge in [0.1, 0.15) is 12.1 Å². The lowest BCUT2D eigenvalue weighted by Crippen LogP contribution is -2.46. The highest BCUT2D eigenvalue weighted by molar-refractivity contribution is 5.84. The minimum absolute atomic E-state index is 0.0978. The number of hydrogen-bond donors (Lipinski definition) is 0. The second-order valence-corrected chi connectivity index (χ2v) is 5.98. The van der Waals surface area contributed by atoms with Crippen LogP contribution in [0.4, 0.5) is 0 Å². The van der Waals surface area contributed by atoms with Crippen LogP contribution in [0, 0.1) is 0 Å². The first-order valence-corrected chi connectivity index (χ1v) is 8.23. The van der Waals surface area contributed by atoms with Crippen molar-refractivity contribution in [1.29, 1.82) is 0 Å². The third-order valence-electron chi connectivity index (χ3n) is 4.28. The summed E-state index contributed by atoms with van der Waals surface area (Å²) in [6.45, 7) is 5.44. The Kier molecular flexibility index (Phi) is 5.62. The summed E-state index contributed by atoms with van der Waals surface area (Å²) in [5.41, 5.74) is 1.29. The summed E-state index contributed by atoms with van der Waals surface area (Å²) in [5, 5.41) is 4.14. The van der Waals surface area contributed by atoms with Crippen molar-refractivity contribution in [2.45, 2.75) is 13.2 Å². The molecule has 0 amide bonds. The monoisotopic (exact) mass is 345 g/mol. The van der Waals surface area contributed by atoms with Gasteiger partial charge in [-0.25, -0.2) is 14.5 Å². The third-order valence-corrected chi connectivity index (χ3v) is 4.28. The number of rotatable bonds is 6. The number of nitrogens with zero attached hydrogens (tertiary/aromatic N) is 5. The topological polar surface area (TPSA) is 72.7 Å². The zero-order valence-electron chi connectivity index (χ0n) is 14.6. The number of hydrogen-bond acceptors (Lipinski definition) is 7. The van der Waals surface area contributed by atoms with E-state index in [9.17, 15) is 4.79 Å². The van der Waals surface area contributed by atoms with Crippen molar-refractivity contribution >= 4 is 5.97 Å². The Morgan fingerprint density at radius 1 is 1.08 bits per heavy atom.